The third-order valence-corrected chi connectivity index (χ3v) is 6.86. The number of carboxylic acids is 1. The van der Waals surface area contributed by atoms with Crippen molar-refractivity contribution in [1.29, 1.82) is 0 Å². The van der Waals surface area contributed by atoms with Crippen LogP contribution in [0.15, 0.2) is 0 Å². The van der Waals surface area contributed by atoms with Gasteiger partial charge >= 0.3 is 37.1 Å². The van der Waals surface area contributed by atoms with Crippen molar-refractivity contribution in [2.75, 3.05) is 6.61 Å². The molecule has 38 heavy (non-hydrogen) atoms. The fourth-order valence-electron chi connectivity index (χ4n) is 3.87. The van der Waals surface area contributed by atoms with E-state index in [4.69, 9.17) is 23.3 Å². The lowest BCUT2D eigenvalue weighted by Gasteiger charge is -2.48. The van der Waals surface area contributed by atoms with Gasteiger partial charge in [-0.25, -0.2) is 13.2 Å². The predicted molar refractivity (Wildman–Crippen MR) is 115 cm³/mol. The van der Waals surface area contributed by atoms with Crippen molar-refractivity contribution in [3.63, 3.8) is 0 Å². The lowest BCUT2D eigenvalue weighted by atomic mass is 9.88. The summed E-state index contributed by atoms with van der Waals surface area (Å²) in [5.74, 6) is -2.55. The number of nitrogens with one attached hydrogen (secondary N) is 1. The summed E-state index contributed by atoms with van der Waals surface area (Å²) >= 11 is 0. The predicted octanol–water partition coefficient (Wildman–Crippen LogP) is -4.54. The summed E-state index contributed by atoms with van der Waals surface area (Å²) in [5, 5.41) is 40.4. The maximum absolute atomic E-state index is 11.5. The number of rotatable bonds is 11. The molecule has 0 aromatic carbocycles. The van der Waals surface area contributed by atoms with E-state index in [9.17, 15) is 55.0 Å². The van der Waals surface area contributed by atoms with Gasteiger partial charge in [0, 0.05) is 0 Å². The minimum absolute atomic E-state index is 0.659. The number of aliphatic hydroxyl groups excluding tert-OH is 3. The van der Waals surface area contributed by atoms with Crippen LogP contribution in [-0.2, 0) is 58.5 Å². The van der Waals surface area contributed by atoms with Gasteiger partial charge in [0.15, 0.2) is 18.5 Å². The molecule has 2 heterocycles. The smallest absolute Gasteiger partial charge is 0.397 e. The zero-order chi connectivity index (χ0) is 29.4. The van der Waals surface area contributed by atoms with Gasteiger partial charge in [-0.2, -0.15) is 30.0 Å². The number of carbonyl (C=O) groups is 1. The van der Waals surface area contributed by atoms with E-state index in [1.54, 1.807) is 4.72 Å². The van der Waals surface area contributed by atoms with Crippen molar-refractivity contribution < 1.29 is 86.7 Å². The second-order valence-corrected chi connectivity index (χ2v) is 11.9. The molecule has 2 aliphatic rings. The van der Waals surface area contributed by atoms with Crippen LogP contribution in [-0.4, -0.2) is 133 Å². The van der Waals surface area contributed by atoms with E-state index in [0.29, 0.717) is 0 Å². The molecule has 0 aliphatic carbocycles. The summed E-state index contributed by atoms with van der Waals surface area (Å²) in [6.45, 7) is 1.80. The van der Waals surface area contributed by atoms with Crippen LogP contribution in [0.5, 0.6) is 0 Å². The van der Waals surface area contributed by atoms with Crippen molar-refractivity contribution in [3.8, 4) is 0 Å². The van der Waals surface area contributed by atoms with Crippen LogP contribution in [0.2, 0.25) is 0 Å². The van der Waals surface area contributed by atoms with E-state index in [1.165, 1.54) is 13.8 Å². The summed E-state index contributed by atoms with van der Waals surface area (Å²) in [5.41, 5.74) is 0. The quantitative estimate of drug-likeness (QED) is 0.101. The molecule has 2 rings (SSSR count). The molecule has 0 aromatic heterocycles. The Morgan fingerprint density at radius 1 is 0.895 bits per heavy atom. The average Bonchev–Trinajstić information content (AvgIpc) is 2.72. The molecule has 0 saturated carbocycles. The fourth-order valence-corrected chi connectivity index (χ4v) is 5.28. The van der Waals surface area contributed by atoms with Gasteiger partial charge in [-0.05, 0) is 5.92 Å². The summed E-state index contributed by atoms with van der Waals surface area (Å²) in [6, 6.07) is -1.76. The monoisotopic (exact) mass is 621 g/mol. The first-order valence-corrected chi connectivity index (χ1v) is 14.5. The summed E-state index contributed by atoms with van der Waals surface area (Å²) in [7, 11) is -15.6. The molecule has 2 saturated heterocycles. The molecule has 10 unspecified atom stereocenters. The van der Waals surface area contributed by atoms with E-state index < -0.39 is 111 Å². The Balaban J connectivity index is 2.53. The number of hydrogen-bond acceptors (Lipinski definition) is 15. The molecule has 23 heteroatoms. The van der Waals surface area contributed by atoms with Crippen LogP contribution in [0.1, 0.15) is 13.8 Å². The zero-order valence-corrected chi connectivity index (χ0v) is 21.8. The molecule has 0 aromatic rings. The Kier molecular flexibility index (Phi) is 10.6. The van der Waals surface area contributed by atoms with Crippen molar-refractivity contribution in [2.24, 2.45) is 5.92 Å². The molecule has 20 nitrogen and oxygen atoms in total. The van der Waals surface area contributed by atoms with Crippen molar-refractivity contribution in [2.45, 2.75) is 75.0 Å². The van der Waals surface area contributed by atoms with Crippen molar-refractivity contribution in [1.82, 2.24) is 4.72 Å². The van der Waals surface area contributed by atoms with Gasteiger partial charge in [-0.15, -0.1) is 0 Å². The fraction of sp³-hybridized carbons (Fsp3) is 0.933. The number of carboxylic acid groups (broad SMARTS) is 1. The SMILES string of the molecule is CC(C)C1OC(COS(=O)(=O)O)C(OC2OC(C(=O)O)C(O)C(O)C2OS(=O)(=O)O)C(O)C1NS(=O)(=O)O. The highest BCUT2D eigenvalue weighted by Crippen LogP contribution is 2.33. The molecule has 8 N–H and O–H groups in total. The third kappa shape index (κ3) is 8.93. The largest absolute Gasteiger partial charge is 0.479 e. The Bertz CT molecular complexity index is 1150. The van der Waals surface area contributed by atoms with Crippen molar-refractivity contribution in [3.05, 3.63) is 0 Å². The maximum Gasteiger partial charge on any atom is 0.397 e. The Morgan fingerprint density at radius 2 is 1.47 bits per heavy atom. The second kappa shape index (κ2) is 12.1. The van der Waals surface area contributed by atoms with E-state index >= 15 is 0 Å². The normalized spacial score (nSPS) is 37.3. The molecular formula is C15H27NO19S3. The van der Waals surface area contributed by atoms with E-state index in [-0.39, 0.29) is 0 Å². The van der Waals surface area contributed by atoms with Gasteiger partial charge in [-0.1, -0.05) is 13.8 Å². The second-order valence-electron chi connectivity index (χ2n) is 8.54. The Labute approximate surface area is 216 Å². The van der Waals surface area contributed by atoms with Gasteiger partial charge in [0.1, 0.15) is 30.5 Å². The van der Waals surface area contributed by atoms with E-state index in [1.807, 2.05) is 0 Å². The highest BCUT2D eigenvalue weighted by molar-refractivity contribution is 7.83. The molecule has 0 bridgehead atoms. The molecule has 2 fully saturated rings. The first kappa shape index (κ1) is 33.0. The Hall–Kier alpha value is -1.16. The molecule has 0 amide bonds. The molecule has 0 spiro atoms. The molecule has 224 valence electrons. The number of ether oxygens (including phenoxy) is 3. The highest BCUT2D eigenvalue weighted by atomic mass is 32.3. The van der Waals surface area contributed by atoms with Crippen LogP contribution < -0.4 is 4.72 Å². The summed E-state index contributed by atoms with van der Waals surface area (Å²) in [6.07, 6.45) is -19.2. The summed E-state index contributed by atoms with van der Waals surface area (Å²) < 4.78 is 121. The van der Waals surface area contributed by atoms with Gasteiger partial charge in [0.2, 0.25) is 0 Å². The first-order chi connectivity index (χ1) is 17.1. The van der Waals surface area contributed by atoms with Crippen LogP contribution in [0.25, 0.3) is 0 Å². The van der Waals surface area contributed by atoms with Crippen LogP contribution in [0.4, 0.5) is 0 Å². The van der Waals surface area contributed by atoms with Crippen LogP contribution >= 0.6 is 0 Å². The molecular weight excluding hydrogens is 594 g/mol. The standard InChI is InChI=1S/C15H27NO19S3/c1-4(2)10-6(16-36(22,23)24)7(17)11(5(32-10)3-31-37(25,26)27)33-15-13(35-38(28,29)30)9(19)8(18)12(34-15)14(20)21/h4-13,15-19H,3H2,1-2H3,(H,20,21)(H,22,23,24)(H,25,26,27)(H,28,29,30). The minimum atomic E-state index is -5.44. The molecule has 0 radical (unpaired) electrons. The third-order valence-electron chi connectivity index (χ3n) is 5.39. The minimum Gasteiger partial charge on any atom is -0.479 e. The van der Waals surface area contributed by atoms with Gasteiger partial charge in [-0.3, -0.25) is 13.7 Å². The number of aliphatic hydroxyl groups is 3. The maximum atomic E-state index is 11.5. The van der Waals surface area contributed by atoms with Gasteiger partial charge in [0.05, 0.1) is 18.8 Å². The lowest BCUT2D eigenvalue weighted by molar-refractivity contribution is -0.327. The first-order valence-electron chi connectivity index (χ1n) is 10.4. The van der Waals surface area contributed by atoms with E-state index in [2.05, 4.69) is 8.37 Å². The van der Waals surface area contributed by atoms with Crippen molar-refractivity contribution >= 4 is 37.1 Å². The Morgan fingerprint density at radius 3 is 1.92 bits per heavy atom. The topological polar surface area (TPSA) is 319 Å². The summed E-state index contributed by atoms with van der Waals surface area (Å²) in [4.78, 5) is 11.5. The van der Waals surface area contributed by atoms with E-state index in [0.717, 1.165) is 0 Å². The molecule has 10 atom stereocenters. The lowest BCUT2D eigenvalue weighted by Crippen LogP contribution is -2.68. The number of aliphatic carboxylic acids is 1. The number of hydrogen-bond donors (Lipinski definition) is 8. The molecule has 2 aliphatic heterocycles. The highest BCUT2D eigenvalue weighted by Gasteiger charge is 2.55. The zero-order valence-electron chi connectivity index (χ0n) is 19.3. The van der Waals surface area contributed by atoms with Gasteiger partial charge in [0.25, 0.3) is 0 Å². The van der Waals surface area contributed by atoms with Crippen LogP contribution in [0.3, 0.4) is 0 Å². The van der Waals surface area contributed by atoms with Crippen LogP contribution in [0, 0.1) is 5.92 Å². The van der Waals surface area contributed by atoms with Gasteiger partial charge < -0.3 is 34.6 Å². The average molecular weight is 622 g/mol.